The molecular formula is C18H24N4O3. The highest BCUT2D eigenvalue weighted by atomic mass is 16.3. The number of fused-ring (bicyclic) bond motifs is 1. The average molecular weight is 344 g/mol. The Balaban J connectivity index is 1.48. The minimum Gasteiger partial charge on any atom is -0.391 e. The van der Waals surface area contributed by atoms with Crippen molar-refractivity contribution in [1.82, 2.24) is 19.8 Å². The molecule has 1 aromatic carbocycles. The van der Waals surface area contributed by atoms with Gasteiger partial charge < -0.3 is 19.9 Å². The zero-order chi connectivity index (χ0) is 17.8. The summed E-state index contributed by atoms with van der Waals surface area (Å²) in [6.07, 6.45) is 1.60. The molecule has 1 aliphatic rings. The highest BCUT2D eigenvalue weighted by Gasteiger charge is 2.26. The summed E-state index contributed by atoms with van der Waals surface area (Å²) in [5.74, 6) is -0.213. The molecular weight excluding hydrogens is 320 g/mol. The number of piperidine rings is 1. The summed E-state index contributed by atoms with van der Waals surface area (Å²) in [6, 6.07) is 7.95. The van der Waals surface area contributed by atoms with Gasteiger partial charge in [-0.25, -0.2) is 4.98 Å². The van der Waals surface area contributed by atoms with Crippen LogP contribution in [0.3, 0.4) is 0 Å². The summed E-state index contributed by atoms with van der Waals surface area (Å²) < 4.78 is 2.12. The molecule has 1 atom stereocenters. The Kier molecular flexibility index (Phi) is 5.33. The number of aromatic nitrogens is 2. The van der Waals surface area contributed by atoms with Gasteiger partial charge in [-0.1, -0.05) is 12.1 Å². The number of benzene rings is 1. The van der Waals surface area contributed by atoms with Crippen LogP contribution in [0.5, 0.6) is 0 Å². The standard InChI is InChI=1S/C18H24N4O3/c1-13-20-15-7-2-3-8-16(15)22(13)11-5-9-19-17(24)18(25)21-10-4-6-14(23)12-21/h2-3,7-8,14,23H,4-6,9-12H2,1H3,(H,19,24). The molecule has 2 heterocycles. The first-order valence-corrected chi connectivity index (χ1v) is 8.73. The average Bonchev–Trinajstić information content (AvgIpc) is 2.93. The Bertz CT molecular complexity index is 771. The number of hydrogen-bond donors (Lipinski definition) is 2. The van der Waals surface area contributed by atoms with Crippen LogP contribution in [0.2, 0.25) is 0 Å². The fourth-order valence-corrected chi connectivity index (χ4v) is 3.28. The SMILES string of the molecule is Cc1nc2ccccc2n1CCCNC(=O)C(=O)N1CCCC(O)C1. The maximum Gasteiger partial charge on any atom is 0.311 e. The lowest BCUT2D eigenvalue weighted by molar-refractivity contribution is -0.147. The number of aryl methyl sites for hydroxylation is 2. The highest BCUT2D eigenvalue weighted by molar-refractivity contribution is 6.35. The lowest BCUT2D eigenvalue weighted by Gasteiger charge is -2.29. The van der Waals surface area contributed by atoms with E-state index in [0.29, 0.717) is 25.9 Å². The summed E-state index contributed by atoms with van der Waals surface area (Å²) in [7, 11) is 0. The second-order valence-corrected chi connectivity index (χ2v) is 6.46. The molecule has 0 bridgehead atoms. The van der Waals surface area contributed by atoms with E-state index in [1.807, 2.05) is 31.2 Å². The van der Waals surface area contributed by atoms with E-state index >= 15 is 0 Å². The number of amides is 2. The number of aliphatic hydroxyl groups excluding tert-OH is 1. The maximum atomic E-state index is 12.1. The van der Waals surface area contributed by atoms with Crippen LogP contribution < -0.4 is 5.32 Å². The summed E-state index contributed by atoms with van der Waals surface area (Å²) in [5.41, 5.74) is 2.03. The van der Waals surface area contributed by atoms with Crippen molar-refractivity contribution in [2.75, 3.05) is 19.6 Å². The molecule has 2 N–H and O–H groups in total. The van der Waals surface area contributed by atoms with E-state index in [4.69, 9.17) is 0 Å². The van der Waals surface area contributed by atoms with E-state index in [0.717, 1.165) is 29.8 Å². The van der Waals surface area contributed by atoms with Crippen LogP contribution in [-0.2, 0) is 16.1 Å². The first-order valence-electron chi connectivity index (χ1n) is 8.73. The van der Waals surface area contributed by atoms with Crippen LogP contribution in [0.15, 0.2) is 24.3 Å². The van der Waals surface area contributed by atoms with Gasteiger partial charge in [-0.05, 0) is 38.3 Å². The van der Waals surface area contributed by atoms with Crippen molar-refractivity contribution in [1.29, 1.82) is 0 Å². The van der Waals surface area contributed by atoms with Gasteiger partial charge in [0.05, 0.1) is 17.1 Å². The minimum atomic E-state index is -0.596. The predicted molar refractivity (Wildman–Crippen MR) is 93.9 cm³/mol. The predicted octanol–water partition coefficient (Wildman–Crippen LogP) is 0.834. The molecule has 7 heteroatoms. The van der Waals surface area contributed by atoms with Gasteiger partial charge in [-0.15, -0.1) is 0 Å². The lowest BCUT2D eigenvalue weighted by Crippen LogP contribution is -2.48. The Labute approximate surface area is 146 Å². The van der Waals surface area contributed by atoms with Crippen molar-refractivity contribution in [2.24, 2.45) is 0 Å². The summed E-state index contributed by atoms with van der Waals surface area (Å²) in [4.78, 5) is 30.0. The third-order valence-electron chi connectivity index (χ3n) is 4.57. The molecule has 134 valence electrons. The molecule has 25 heavy (non-hydrogen) atoms. The van der Waals surface area contributed by atoms with Crippen LogP contribution in [0, 0.1) is 6.92 Å². The van der Waals surface area contributed by atoms with Gasteiger partial charge in [0.1, 0.15) is 5.82 Å². The van der Waals surface area contributed by atoms with Gasteiger partial charge >= 0.3 is 11.8 Å². The number of likely N-dealkylation sites (tertiary alicyclic amines) is 1. The number of hydrogen-bond acceptors (Lipinski definition) is 4. The first-order chi connectivity index (χ1) is 12.1. The van der Waals surface area contributed by atoms with Crippen LogP contribution in [0.1, 0.15) is 25.1 Å². The zero-order valence-electron chi connectivity index (χ0n) is 14.4. The molecule has 2 amide bonds. The molecule has 0 radical (unpaired) electrons. The van der Waals surface area contributed by atoms with E-state index < -0.39 is 17.9 Å². The quantitative estimate of drug-likeness (QED) is 0.635. The molecule has 7 nitrogen and oxygen atoms in total. The molecule has 0 spiro atoms. The zero-order valence-corrected chi connectivity index (χ0v) is 14.4. The van der Waals surface area contributed by atoms with Crippen LogP contribution >= 0.6 is 0 Å². The molecule has 1 saturated heterocycles. The van der Waals surface area contributed by atoms with Crippen LogP contribution in [-0.4, -0.2) is 57.1 Å². The van der Waals surface area contributed by atoms with E-state index in [2.05, 4.69) is 14.9 Å². The van der Waals surface area contributed by atoms with Gasteiger partial charge in [-0.2, -0.15) is 0 Å². The van der Waals surface area contributed by atoms with E-state index in [1.165, 1.54) is 4.90 Å². The molecule has 2 aromatic rings. The van der Waals surface area contributed by atoms with Crippen molar-refractivity contribution >= 4 is 22.8 Å². The second kappa shape index (κ2) is 7.65. The number of para-hydroxylation sites is 2. The van der Waals surface area contributed by atoms with Gasteiger partial charge in [0.2, 0.25) is 0 Å². The van der Waals surface area contributed by atoms with E-state index in [9.17, 15) is 14.7 Å². The smallest absolute Gasteiger partial charge is 0.311 e. The fourth-order valence-electron chi connectivity index (χ4n) is 3.28. The number of nitrogens with one attached hydrogen (secondary N) is 1. The van der Waals surface area contributed by atoms with Gasteiger partial charge in [0.15, 0.2) is 0 Å². The molecule has 1 unspecified atom stereocenters. The summed E-state index contributed by atoms with van der Waals surface area (Å²) in [6.45, 7) is 3.88. The Morgan fingerprint density at radius 2 is 2.16 bits per heavy atom. The first kappa shape index (κ1) is 17.4. The Morgan fingerprint density at radius 3 is 2.96 bits per heavy atom. The number of imidazole rings is 1. The highest BCUT2D eigenvalue weighted by Crippen LogP contribution is 2.15. The molecule has 0 aliphatic carbocycles. The third-order valence-corrected chi connectivity index (χ3v) is 4.57. The Hall–Kier alpha value is -2.41. The summed E-state index contributed by atoms with van der Waals surface area (Å²) >= 11 is 0. The van der Waals surface area contributed by atoms with Crippen molar-refractivity contribution in [3.63, 3.8) is 0 Å². The summed E-state index contributed by atoms with van der Waals surface area (Å²) in [5, 5.41) is 12.3. The molecule has 0 saturated carbocycles. The molecule has 3 rings (SSSR count). The van der Waals surface area contributed by atoms with Crippen molar-refractivity contribution in [3.8, 4) is 0 Å². The van der Waals surface area contributed by atoms with Gasteiger partial charge in [0, 0.05) is 26.2 Å². The number of β-amino-alcohol motifs (C(OH)–C–C–N with tert-alkyl or cyclic N) is 1. The lowest BCUT2D eigenvalue weighted by atomic mass is 10.1. The van der Waals surface area contributed by atoms with Crippen LogP contribution in [0.4, 0.5) is 0 Å². The molecule has 1 aliphatic heterocycles. The molecule has 1 aromatic heterocycles. The minimum absolute atomic E-state index is 0.243. The fraction of sp³-hybridized carbons (Fsp3) is 0.500. The van der Waals surface area contributed by atoms with Crippen molar-refractivity contribution in [3.05, 3.63) is 30.1 Å². The van der Waals surface area contributed by atoms with E-state index in [1.54, 1.807) is 0 Å². The number of nitrogens with zero attached hydrogens (tertiary/aromatic N) is 3. The largest absolute Gasteiger partial charge is 0.391 e. The van der Waals surface area contributed by atoms with Gasteiger partial charge in [-0.3, -0.25) is 9.59 Å². The normalized spacial score (nSPS) is 17.7. The number of carbonyl (C=O) groups is 2. The van der Waals surface area contributed by atoms with Crippen molar-refractivity contribution < 1.29 is 14.7 Å². The second-order valence-electron chi connectivity index (χ2n) is 6.46. The maximum absolute atomic E-state index is 12.1. The Morgan fingerprint density at radius 1 is 1.36 bits per heavy atom. The van der Waals surface area contributed by atoms with E-state index in [-0.39, 0.29) is 6.54 Å². The van der Waals surface area contributed by atoms with Crippen molar-refractivity contribution in [2.45, 2.75) is 38.8 Å². The number of aliphatic hydroxyl groups is 1. The topological polar surface area (TPSA) is 87.5 Å². The number of rotatable bonds is 4. The van der Waals surface area contributed by atoms with Crippen LogP contribution in [0.25, 0.3) is 11.0 Å². The number of carbonyl (C=O) groups excluding carboxylic acids is 2. The van der Waals surface area contributed by atoms with Gasteiger partial charge in [0.25, 0.3) is 0 Å². The monoisotopic (exact) mass is 344 g/mol. The molecule has 1 fully saturated rings. The third kappa shape index (κ3) is 3.99.